The average molecular weight is 344 g/mol. The summed E-state index contributed by atoms with van der Waals surface area (Å²) in [7, 11) is 0. The summed E-state index contributed by atoms with van der Waals surface area (Å²) in [5.74, 6) is -0.231. The molecule has 24 heavy (non-hydrogen) atoms. The highest BCUT2D eigenvalue weighted by Crippen LogP contribution is 2.20. The lowest BCUT2D eigenvalue weighted by molar-refractivity contribution is -0.136. The van der Waals surface area contributed by atoms with Gasteiger partial charge in [-0.3, -0.25) is 9.59 Å². The van der Waals surface area contributed by atoms with Gasteiger partial charge in [0.15, 0.2) is 0 Å². The van der Waals surface area contributed by atoms with Gasteiger partial charge in [0.05, 0.1) is 12.6 Å². The molecule has 1 saturated heterocycles. The van der Waals surface area contributed by atoms with Crippen molar-refractivity contribution < 1.29 is 14.7 Å². The maximum absolute atomic E-state index is 12.8. The minimum atomic E-state index is -0.735. The fourth-order valence-corrected chi connectivity index (χ4v) is 3.54. The number of rotatable bonds is 6. The summed E-state index contributed by atoms with van der Waals surface area (Å²) in [4.78, 5) is 25.9. The van der Waals surface area contributed by atoms with Gasteiger partial charge in [0, 0.05) is 13.0 Å². The fourth-order valence-electron chi connectivity index (χ4n) is 2.83. The summed E-state index contributed by atoms with van der Waals surface area (Å²) in [6.45, 7) is 0.615. The molecular formula is C18H20N2O3S. The number of carbonyl (C=O) groups is 2. The zero-order valence-corrected chi connectivity index (χ0v) is 14.0. The Morgan fingerprint density at radius 1 is 1.33 bits per heavy atom. The Labute approximate surface area is 144 Å². The maximum atomic E-state index is 12.8. The van der Waals surface area contributed by atoms with Gasteiger partial charge in [0.25, 0.3) is 0 Å². The third-order valence-corrected chi connectivity index (χ3v) is 4.84. The summed E-state index contributed by atoms with van der Waals surface area (Å²) in [5.41, 5.74) is 1.80. The van der Waals surface area contributed by atoms with Gasteiger partial charge in [-0.05, 0) is 34.4 Å². The molecule has 2 atom stereocenters. The first-order valence-electron chi connectivity index (χ1n) is 7.95. The molecule has 0 bridgehead atoms. The van der Waals surface area contributed by atoms with Crippen LogP contribution in [0.2, 0.25) is 0 Å². The van der Waals surface area contributed by atoms with Crippen LogP contribution < -0.4 is 5.32 Å². The van der Waals surface area contributed by atoms with E-state index >= 15 is 0 Å². The molecule has 5 nitrogen and oxygen atoms in total. The van der Waals surface area contributed by atoms with Gasteiger partial charge in [-0.1, -0.05) is 30.3 Å². The number of nitrogens with zero attached hydrogens (tertiary/aromatic N) is 1. The molecule has 0 saturated carbocycles. The molecule has 2 unspecified atom stereocenters. The number of nitrogens with one attached hydrogen (secondary N) is 1. The van der Waals surface area contributed by atoms with Crippen LogP contribution in [-0.4, -0.2) is 34.4 Å². The van der Waals surface area contributed by atoms with E-state index in [2.05, 4.69) is 5.32 Å². The summed E-state index contributed by atoms with van der Waals surface area (Å²) >= 11 is 1.51. The van der Waals surface area contributed by atoms with Crippen molar-refractivity contribution in [3.8, 4) is 0 Å². The zero-order chi connectivity index (χ0) is 16.9. The minimum absolute atomic E-state index is 0.0913. The van der Waals surface area contributed by atoms with Gasteiger partial charge in [-0.15, -0.1) is 0 Å². The van der Waals surface area contributed by atoms with E-state index in [1.807, 2.05) is 47.2 Å². The lowest BCUT2D eigenvalue weighted by Crippen LogP contribution is -2.45. The highest BCUT2D eigenvalue weighted by atomic mass is 32.1. The van der Waals surface area contributed by atoms with Gasteiger partial charge in [0.2, 0.25) is 11.8 Å². The molecule has 6 heteroatoms. The molecule has 1 aliphatic heterocycles. The Hall–Kier alpha value is -2.18. The predicted octanol–water partition coefficient (Wildman–Crippen LogP) is 2.09. The number of benzene rings is 1. The third kappa shape index (κ3) is 4.01. The van der Waals surface area contributed by atoms with Crippen molar-refractivity contribution in [1.82, 2.24) is 10.2 Å². The molecular weight excluding hydrogens is 324 g/mol. The van der Waals surface area contributed by atoms with Crippen LogP contribution in [0.5, 0.6) is 0 Å². The van der Waals surface area contributed by atoms with E-state index in [-0.39, 0.29) is 18.4 Å². The molecule has 2 N–H and O–H groups in total. The van der Waals surface area contributed by atoms with Gasteiger partial charge >= 0.3 is 0 Å². The Kier molecular flexibility index (Phi) is 5.27. The minimum Gasteiger partial charge on any atom is -0.387 e. The van der Waals surface area contributed by atoms with Crippen molar-refractivity contribution >= 4 is 23.2 Å². The molecule has 126 valence electrons. The lowest BCUT2D eigenvalue weighted by atomic mass is 10.1. The average Bonchev–Trinajstić information content (AvgIpc) is 3.26. The molecule has 0 spiro atoms. The quantitative estimate of drug-likeness (QED) is 0.843. The van der Waals surface area contributed by atoms with Crippen LogP contribution in [0.3, 0.4) is 0 Å². The first-order chi connectivity index (χ1) is 11.6. The Balaban J connectivity index is 1.75. The molecule has 2 aromatic rings. The molecule has 0 radical (unpaired) electrons. The summed E-state index contributed by atoms with van der Waals surface area (Å²) in [6, 6.07) is 11.0. The normalized spacial score (nSPS) is 18.2. The maximum Gasteiger partial charge on any atom is 0.245 e. The predicted molar refractivity (Wildman–Crippen MR) is 92.3 cm³/mol. The zero-order valence-electron chi connectivity index (χ0n) is 13.2. The van der Waals surface area contributed by atoms with E-state index in [1.54, 1.807) is 4.90 Å². The van der Waals surface area contributed by atoms with E-state index < -0.39 is 12.1 Å². The van der Waals surface area contributed by atoms with Crippen LogP contribution in [0.25, 0.3) is 0 Å². The van der Waals surface area contributed by atoms with Crippen LogP contribution >= 0.6 is 11.3 Å². The summed E-state index contributed by atoms with van der Waals surface area (Å²) in [6.07, 6.45) is 0.154. The second kappa shape index (κ2) is 7.59. The van der Waals surface area contributed by atoms with E-state index in [1.165, 1.54) is 11.3 Å². The molecule has 1 aromatic carbocycles. The van der Waals surface area contributed by atoms with E-state index in [9.17, 15) is 14.7 Å². The topological polar surface area (TPSA) is 69.6 Å². The second-order valence-electron chi connectivity index (χ2n) is 5.94. The molecule has 0 aliphatic carbocycles. The van der Waals surface area contributed by atoms with Crippen molar-refractivity contribution in [2.75, 3.05) is 6.54 Å². The number of carbonyl (C=O) groups excluding carboxylic acids is 2. The van der Waals surface area contributed by atoms with E-state index in [4.69, 9.17) is 0 Å². The molecule has 3 rings (SSSR count). The molecule has 1 fully saturated rings. The van der Waals surface area contributed by atoms with Crippen molar-refractivity contribution in [3.05, 3.63) is 58.3 Å². The van der Waals surface area contributed by atoms with Crippen molar-refractivity contribution in [2.24, 2.45) is 0 Å². The standard InChI is InChI=1S/C18H20N2O3S/c21-16(14-8-9-24-12-14)11-20(10-13-4-2-1-3-5-13)18(23)15-6-7-17(22)19-15/h1-5,8-9,12,15-16,21H,6-7,10-11H2,(H,19,22). The molecule has 2 heterocycles. The molecule has 1 aromatic heterocycles. The van der Waals surface area contributed by atoms with Gasteiger partial charge < -0.3 is 15.3 Å². The first kappa shape index (κ1) is 16.7. The Morgan fingerprint density at radius 3 is 2.75 bits per heavy atom. The molecule has 1 aliphatic rings. The van der Waals surface area contributed by atoms with Crippen molar-refractivity contribution in [1.29, 1.82) is 0 Å². The van der Waals surface area contributed by atoms with Crippen molar-refractivity contribution in [3.63, 3.8) is 0 Å². The smallest absolute Gasteiger partial charge is 0.245 e. The summed E-state index contributed by atoms with van der Waals surface area (Å²) < 4.78 is 0. The number of hydrogen-bond acceptors (Lipinski definition) is 4. The molecule has 2 amide bonds. The number of hydrogen-bond donors (Lipinski definition) is 2. The van der Waals surface area contributed by atoms with E-state index in [0.717, 1.165) is 11.1 Å². The Morgan fingerprint density at radius 2 is 2.12 bits per heavy atom. The monoisotopic (exact) mass is 344 g/mol. The van der Waals surface area contributed by atoms with Crippen LogP contribution in [-0.2, 0) is 16.1 Å². The van der Waals surface area contributed by atoms with Gasteiger partial charge in [-0.2, -0.15) is 11.3 Å². The van der Waals surface area contributed by atoms with Crippen LogP contribution in [0.15, 0.2) is 47.2 Å². The number of amides is 2. The van der Waals surface area contributed by atoms with Gasteiger partial charge in [-0.25, -0.2) is 0 Å². The van der Waals surface area contributed by atoms with Crippen LogP contribution in [0, 0.1) is 0 Å². The number of thiophene rings is 1. The highest BCUT2D eigenvalue weighted by molar-refractivity contribution is 7.07. The van der Waals surface area contributed by atoms with Gasteiger partial charge in [0.1, 0.15) is 6.04 Å². The van der Waals surface area contributed by atoms with Crippen molar-refractivity contribution in [2.45, 2.75) is 31.5 Å². The van der Waals surface area contributed by atoms with Crippen LogP contribution in [0.4, 0.5) is 0 Å². The second-order valence-corrected chi connectivity index (χ2v) is 6.72. The number of aliphatic hydroxyl groups is 1. The SMILES string of the molecule is O=C1CCC(C(=O)N(Cc2ccccc2)CC(O)c2ccsc2)N1. The Bertz CT molecular complexity index is 688. The highest BCUT2D eigenvalue weighted by Gasteiger charge is 2.31. The third-order valence-electron chi connectivity index (χ3n) is 4.14. The lowest BCUT2D eigenvalue weighted by Gasteiger charge is -2.28. The fraction of sp³-hybridized carbons (Fsp3) is 0.333. The van der Waals surface area contributed by atoms with E-state index in [0.29, 0.717) is 19.4 Å². The number of aliphatic hydroxyl groups excluding tert-OH is 1. The summed E-state index contributed by atoms with van der Waals surface area (Å²) in [5, 5.41) is 16.9. The largest absolute Gasteiger partial charge is 0.387 e. The first-order valence-corrected chi connectivity index (χ1v) is 8.90. The van der Waals surface area contributed by atoms with Crippen LogP contribution in [0.1, 0.15) is 30.1 Å².